The number of methoxy groups -OCH3 is 1. The van der Waals surface area contributed by atoms with E-state index in [1.165, 1.54) is 0 Å². The van der Waals surface area contributed by atoms with Gasteiger partial charge in [0.25, 0.3) is 0 Å². The van der Waals surface area contributed by atoms with Crippen LogP contribution >= 0.6 is 0 Å². The predicted octanol–water partition coefficient (Wildman–Crippen LogP) is 0.506. The van der Waals surface area contributed by atoms with E-state index in [9.17, 15) is 4.79 Å². The van der Waals surface area contributed by atoms with Crippen LogP contribution in [0.5, 0.6) is 5.88 Å². The van der Waals surface area contributed by atoms with Crippen LogP contribution in [0.2, 0.25) is 0 Å². The maximum absolute atomic E-state index is 11.4. The molecule has 1 spiro atoms. The number of hydrogen-bond acceptors (Lipinski definition) is 5. The minimum absolute atomic E-state index is 0.127. The first-order valence-electron chi connectivity index (χ1n) is 6.96. The van der Waals surface area contributed by atoms with Crippen LogP contribution in [-0.4, -0.2) is 47.5 Å². The molecule has 1 aromatic rings. The van der Waals surface area contributed by atoms with Gasteiger partial charge in [-0.05, 0) is 19.9 Å². The standard InChI is InChI=1S/C14H20N4O2/c1-10-6-15-11(13(17-10)20-2)7-18-4-3-14(9-18)5-12(19)16-8-14/h6H,3-5,7-9H2,1-2H3,(H,16,19). The average Bonchev–Trinajstić information content (AvgIpc) is 2.99. The van der Waals surface area contributed by atoms with Crippen molar-refractivity contribution in [2.75, 3.05) is 26.7 Å². The van der Waals surface area contributed by atoms with Gasteiger partial charge in [0, 0.05) is 37.7 Å². The van der Waals surface area contributed by atoms with Crippen LogP contribution in [0.15, 0.2) is 6.20 Å². The molecule has 1 N–H and O–H groups in total. The topological polar surface area (TPSA) is 67.4 Å². The molecule has 0 radical (unpaired) electrons. The molecular formula is C14H20N4O2. The number of carbonyl (C=O) groups is 1. The van der Waals surface area contributed by atoms with Crippen LogP contribution in [0.1, 0.15) is 24.2 Å². The highest BCUT2D eigenvalue weighted by molar-refractivity contribution is 5.79. The summed E-state index contributed by atoms with van der Waals surface area (Å²) in [5.41, 5.74) is 1.85. The second-order valence-corrected chi connectivity index (χ2v) is 5.88. The molecule has 1 unspecified atom stereocenters. The Balaban J connectivity index is 1.69. The van der Waals surface area contributed by atoms with Crippen LogP contribution in [0.4, 0.5) is 0 Å². The Morgan fingerprint density at radius 1 is 1.55 bits per heavy atom. The van der Waals surface area contributed by atoms with Crippen molar-refractivity contribution < 1.29 is 9.53 Å². The molecule has 0 bridgehead atoms. The smallest absolute Gasteiger partial charge is 0.236 e. The third kappa shape index (κ3) is 2.47. The molecule has 108 valence electrons. The second kappa shape index (κ2) is 5.01. The van der Waals surface area contributed by atoms with Gasteiger partial charge in [0.2, 0.25) is 11.8 Å². The normalized spacial score (nSPS) is 26.2. The number of nitrogens with zero attached hydrogens (tertiary/aromatic N) is 3. The van der Waals surface area contributed by atoms with Gasteiger partial charge in [-0.2, -0.15) is 0 Å². The summed E-state index contributed by atoms with van der Waals surface area (Å²) in [6.07, 6.45) is 3.48. The molecule has 6 nitrogen and oxygen atoms in total. The SMILES string of the molecule is COc1nc(C)cnc1CN1CCC2(CNC(=O)C2)C1. The molecule has 0 aliphatic carbocycles. The Labute approximate surface area is 118 Å². The van der Waals surface area contributed by atoms with Gasteiger partial charge in [0.15, 0.2) is 0 Å². The largest absolute Gasteiger partial charge is 0.480 e. The molecule has 1 aromatic heterocycles. The summed E-state index contributed by atoms with van der Waals surface area (Å²) in [7, 11) is 1.62. The molecule has 6 heteroatoms. The van der Waals surface area contributed by atoms with Crippen molar-refractivity contribution in [2.45, 2.75) is 26.3 Å². The molecule has 2 fully saturated rings. The number of hydrogen-bond donors (Lipinski definition) is 1. The summed E-state index contributed by atoms with van der Waals surface area (Å²) >= 11 is 0. The van der Waals surface area contributed by atoms with Crippen LogP contribution < -0.4 is 10.1 Å². The Kier molecular flexibility index (Phi) is 3.33. The van der Waals surface area contributed by atoms with Crippen molar-refractivity contribution in [1.29, 1.82) is 0 Å². The zero-order valence-corrected chi connectivity index (χ0v) is 12.0. The first kappa shape index (κ1) is 13.3. The molecule has 20 heavy (non-hydrogen) atoms. The average molecular weight is 276 g/mol. The minimum Gasteiger partial charge on any atom is -0.480 e. The first-order valence-corrected chi connectivity index (χ1v) is 6.96. The Morgan fingerprint density at radius 2 is 2.40 bits per heavy atom. The van der Waals surface area contributed by atoms with E-state index in [1.54, 1.807) is 13.3 Å². The highest BCUT2D eigenvalue weighted by Gasteiger charge is 2.43. The molecule has 3 rings (SSSR count). The van der Waals surface area contributed by atoms with Crippen LogP contribution in [0.25, 0.3) is 0 Å². The maximum atomic E-state index is 11.4. The van der Waals surface area contributed by atoms with E-state index in [2.05, 4.69) is 20.2 Å². The highest BCUT2D eigenvalue weighted by atomic mass is 16.5. The van der Waals surface area contributed by atoms with Crippen LogP contribution in [-0.2, 0) is 11.3 Å². The van der Waals surface area contributed by atoms with E-state index in [0.29, 0.717) is 12.3 Å². The summed E-state index contributed by atoms with van der Waals surface area (Å²) in [6, 6.07) is 0. The lowest BCUT2D eigenvalue weighted by atomic mass is 9.86. The summed E-state index contributed by atoms with van der Waals surface area (Å²) in [5.74, 6) is 0.783. The Hall–Kier alpha value is -1.69. The van der Waals surface area contributed by atoms with Gasteiger partial charge in [0.1, 0.15) is 5.69 Å². The van der Waals surface area contributed by atoms with Gasteiger partial charge in [-0.25, -0.2) is 4.98 Å². The van der Waals surface area contributed by atoms with Gasteiger partial charge in [-0.15, -0.1) is 0 Å². The predicted molar refractivity (Wildman–Crippen MR) is 73.3 cm³/mol. The molecular weight excluding hydrogens is 256 g/mol. The van der Waals surface area contributed by atoms with E-state index >= 15 is 0 Å². The maximum Gasteiger partial charge on any atom is 0.236 e. The quantitative estimate of drug-likeness (QED) is 0.871. The molecule has 0 saturated carbocycles. The summed E-state index contributed by atoms with van der Waals surface area (Å²) < 4.78 is 5.30. The van der Waals surface area contributed by atoms with E-state index in [-0.39, 0.29) is 11.3 Å². The monoisotopic (exact) mass is 276 g/mol. The lowest BCUT2D eigenvalue weighted by Crippen LogP contribution is -2.29. The summed E-state index contributed by atoms with van der Waals surface area (Å²) in [4.78, 5) is 22.6. The number of carbonyl (C=O) groups excluding carboxylic acids is 1. The van der Waals surface area contributed by atoms with E-state index in [4.69, 9.17) is 4.74 Å². The number of nitrogens with one attached hydrogen (secondary N) is 1. The Morgan fingerprint density at radius 3 is 3.10 bits per heavy atom. The Bertz CT molecular complexity index is 534. The zero-order valence-electron chi connectivity index (χ0n) is 12.0. The molecule has 1 atom stereocenters. The van der Waals surface area contributed by atoms with Crippen molar-refractivity contribution in [3.63, 3.8) is 0 Å². The number of rotatable bonds is 3. The summed E-state index contributed by atoms with van der Waals surface area (Å²) in [6.45, 7) is 5.36. The van der Waals surface area contributed by atoms with Crippen molar-refractivity contribution in [3.8, 4) is 5.88 Å². The molecule has 2 saturated heterocycles. The molecule has 3 heterocycles. The molecule has 1 amide bonds. The van der Waals surface area contributed by atoms with Gasteiger partial charge < -0.3 is 10.1 Å². The fourth-order valence-corrected chi connectivity index (χ4v) is 3.17. The number of amides is 1. The van der Waals surface area contributed by atoms with Crippen molar-refractivity contribution >= 4 is 5.91 Å². The van der Waals surface area contributed by atoms with E-state index in [1.807, 2.05) is 6.92 Å². The van der Waals surface area contributed by atoms with Gasteiger partial charge in [0.05, 0.1) is 12.8 Å². The first-order chi connectivity index (χ1) is 9.60. The molecule has 2 aliphatic rings. The second-order valence-electron chi connectivity index (χ2n) is 5.88. The van der Waals surface area contributed by atoms with Gasteiger partial charge in [-0.1, -0.05) is 0 Å². The third-order valence-corrected chi connectivity index (χ3v) is 4.21. The van der Waals surface area contributed by atoms with E-state index < -0.39 is 0 Å². The van der Waals surface area contributed by atoms with Gasteiger partial charge >= 0.3 is 0 Å². The fraction of sp³-hybridized carbons (Fsp3) is 0.643. The third-order valence-electron chi connectivity index (χ3n) is 4.21. The van der Waals surface area contributed by atoms with E-state index in [0.717, 1.165) is 44.0 Å². The highest BCUT2D eigenvalue weighted by Crippen LogP contribution is 2.37. The lowest BCUT2D eigenvalue weighted by molar-refractivity contribution is -0.119. The number of likely N-dealkylation sites (tertiary alicyclic amines) is 1. The van der Waals surface area contributed by atoms with Crippen molar-refractivity contribution in [2.24, 2.45) is 5.41 Å². The van der Waals surface area contributed by atoms with Crippen molar-refractivity contribution in [3.05, 3.63) is 17.6 Å². The summed E-state index contributed by atoms with van der Waals surface area (Å²) in [5, 5.41) is 2.95. The van der Waals surface area contributed by atoms with Crippen LogP contribution in [0, 0.1) is 12.3 Å². The number of ether oxygens (including phenoxy) is 1. The van der Waals surface area contributed by atoms with Gasteiger partial charge in [-0.3, -0.25) is 14.7 Å². The minimum atomic E-state index is 0.127. The van der Waals surface area contributed by atoms with Crippen molar-refractivity contribution in [1.82, 2.24) is 20.2 Å². The number of aryl methyl sites for hydroxylation is 1. The number of aromatic nitrogens is 2. The van der Waals surface area contributed by atoms with Crippen LogP contribution in [0.3, 0.4) is 0 Å². The lowest BCUT2D eigenvalue weighted by Gasteiger charge is -2.21. The molecule has 2 aliphatic heterocycles. The zero-order chi connectivity index (χ0) is 14.2. The molecule has 0 aromatic carbocycles. The fourth-order valence-electron chi connectivity index (χ4n) is 3.17.